The van der Waals surface area contributed by atoms with Crippen LogP contribution in [-0.4, -0.2) is 24.2 Å². The minimum absolute atomic E-state index is 0.206. The molecule has 0 spiro atoms. The molecule has 1 heterocycles. The summed E-state index contributed by atoms with van der Waals surface area (Å²) in [4.78, 5) is 0. The molecule has 1 fully saturated rings. The average molecular weight is 287 g/mol. The maximum Gasteiger partial charge on any atom is 0.387 e. The molecule has 1 aromatic rings. The number of rotatable bonds is 6. The summed E-state index contributed by atoms with van der Waals surface area (Å²) in [5.41, 5.74) is 1.09. The SMILES string of the molecule is CC(NCC1CCCS1)c1ccc(OC(F)F)cc1. The number of benzene rings is 1. The van der Waals surface area contributed by atoms with Crippen molar-refractivity contribution in [2.24, 2.45) is 0 Å². The van der Waals surface area contributed by atoms with Gasteiger partial charge in [-0.15, -0.1) is 0 Å². The number of ether oxygens (including phenoxy) is 1. The Bertz CT molecular complexity index is 380. The summed E-state index contributed by atoms with van der Waals surface area (Å²) in [6.07, 6.45) is 2.59. The molecule has 2 unspecified atom stereocenters. The summed E-state index contributed by atoms with van der Waals surface area (Å²) in [5.74, 6) is 1.47. The van der Waals surface area contributed by atoms with E-state index in [4.69, 9.17) is 0 Å². The van der Waals surface area contributed by atoms with Crippen molar-refractivity contribution in [2.45, 2.75) is 37.7 Å². The third-order valence-electron chi connectivity index (χ3n) is 3.28. The molecule has 0 aliphatic carbocycles. The molecular weight excluding hydrogens is 268 g/mol. The number of alkyl halides is 2. The predicted molar refractivity (Wildman–Crippen MR) is 75.0 cm³/mol. The second kappa shape index (κ2) is 7.10. The van der Waals surface area contributed by atoms with E-state index < -0.39 is 6.61 Å². The van der Waals surface area contributed by atoms with Crippen LogP contribution >= 0.6 is 11.8 Å². The molecule has 2 atom stereocenters. The van der Waals surface area contributed by atoms with Crippen LogP contribution in [0.2, 0.25) is 0 Å². The number of halogens is 2. The highest BCUT2D eigenvalue weighted by atomic mass is 32.2. The van der Waals surface area contributed by atoms with Gasteiger partial charge < -0.3 is 10.1 Å². The van der Waals surface area contributed by atoms with E-state index in [1.165, 1.54) is 18.6 Å². The van der Waals surface area contributed by atoms with Gasteiger partial charge >= 0.3 is 6.61 Å². The third-order valence-corrected chi connectivity index (χ3v) is 4.68. The van der Waals surface area contributed by atoms with E-state index in [9.17, 15) is 8.78 Å². The van der Waals surface area contributed by atoms with E-state index in [1.54, 1.807) is 12.1 Å². The Kier molecular flexibility index (Phi) is 5.45. The molecule has 0 saturated carbocycles. The van der Waals surface area contributed by atoms with Crippen LogP contribution in [0.25, 0.3) is 0 Å². The molecule has 1 saturated heterocycles. The first kappa shape index (κ1) is 14.6. The molecule has 2 nitrogen and oxygen atoms in total. The quantitative estimate of drug-likeness (QED) is 0.859. The topological polar surface area (TPSA) is 21.3 Å². The standard InChI is InChI=1S/C14H19F2NOS/c1-10(17-9-13-3-2-8-19-13)11-4-6-12(7-5-11)18-14(15)16/h4-7,10,13-14,17H,2-3,8-9H2,1H3. The van der Waals surface area contributed by atoms with Crippen molar-refractivity contribution < 1.29 is 13.5 Å². The van der Waals surface area contributed by atoms with Gasteiger partial charge in [0, 0.05) is 17.8 Å². The van der Waals surface area contributed by atoms with Crippen LogP contribution in [0.4, 0.5) is 8.78 Å². The molecule has 0 bridgehead atoms. The molecule has 1 aliphatic rings. The van der Waals surface area contributed by atoms with Crippen molar-refractivity contribution in [1.29, 1.82) is 0 Å². The summed E-state index contributed by atoms with van der Waals surface area (Å²) < 4.78 is 28.4. The second-order valence-corrected chi connectivity index (χ2v) is 6.12. The lowest BCUT2D eigenvalue weighted by Gasteiger charge is -2.17. The highest BCUT2D eigenvalue weighted by Crippen LogP contribution is 2.26. The molecule has 1 aliphatic heterocycles. The molecule has 19 heavy (non-hydrogen) atoms. The van der Waals surface area contributed by atoms with Crippen LogP contribution in [0.15, 0.2) is 24.3 Å². The number of hydrogen-bond donors (Lipinski definition) is 1. The van der Waals surface area contributed by atoms with Crippen molar-refractivity contribution in [2.75, 3.05) is 12.3 Å². The lowest BCUT2D eigenvalue weighted by molar-refractivity contribution is -0.0498. The van der Waals surface area contributed by atoms with Crippen LogP contribution in [-0.2, 0) is 0 Å². The van der Waals surface area contributed by atoms with Crippen LogP contribution in [0.3, 0.4) is 0 Å². The monoisotopic (exact) mass is 287 g/mol. The first-order valence-corrected chi connectivity index (χ1v) is 7.60. The van der Waals surface area contributed by atoms with E-state index in [0.717, 1.165) is 12.1 Å². The molecule has 0 radical (unpaired) electrons. The summed E-state index contributed by atoms with van der Waals surface area (Å²) >= 11 is 2.02. The smallest absolute Gasteiger partial charge is 0.387 e. The van der Waals surface area contributed by atoms with Crippen molar-refractivity contribution in [3.63, 3.8) is 0 Å². The van der Waals surface area contributed by atoms with Crippen molar-refractivity contribution in [1.82, 2.24) is 5.32 Å². The summed E-state index contributed by atoms with van der Waals surface area (Å²) in [6, 6.07) is 7.06. The van der Waals surface area contributed by atoms with Gasteiger partial charge in [-0.2, -0.15) is 20.5 Å². The van der Waals surface area contributed by atoms with Crippen molar-refractivity contribution in [3.05, 3.63) is 29.8 Å². The van der Waals surface area contributed by atoms with Gasteiger partial charge in [0.25, 0.3) is 0 Å². The van der Waals surface area contributed by atoms with Gasteiger partial charge in [-0.25, -0.2) is 0 Å². The molecule has 0 amide bonds. The van der Waals surface area contributed by atoms with Crippen molar-refractivity contribution >= 4 is 11.8 Å². The molecule has 2 rings (SSSR count). The van der Waals surface area contributed by atoms with Crippen molar-refractivity contribution in [3.8, 4) is 5.75 Å². The summed E-state index contributed by atoms with van der Waals surface area (Å²) in [6.45, 7) is 0.324. The van der Waals surface area contributed by atoms with E-state index >= 15 is 0 Å². The van der Waals surface area contributed by atoms with Gasteiger partial charge in [-0.05, 0) is 43.2 Å². The van der Waals surface area contributed by atoms with E-state index in [-0.39, 0.29) is 11.8 Å². The normalized spacial score (nSPS) is 20.7. The maximum atomic E-state index is 12.0. The molecule has 1 aromatic carbocycles. The van der Waals surface area contributed by atoms with Gasteiger partial charge in [0.05, 0.1) is 0 Å². The summed E-state index contributed by atoms with van der Waals surface area (Å²) in [7, 11) is 0. The Labute approximate surface area is 116 Å². The zero-order chi connectivity index (χ0) is 13.7. The lowest BCUT2D eigenvalue weighted by atomic mass is 10.1. The van der Waals surface area contributed by atoms with Crippen LogP contribution < -0.4 is 10.1 Å². The maximum absolute atomic E-state index is 12.0. The Hall–Kier alpha value is -0.810. The third kappa shape index (κ3) is 4.66. The fourth-order valence-corrected chi connectivity index (χ4v) is 3.38. The van der Waals surface area contributed by atoms with E-state index in [1.807, 2.05) is 23.9 Å². The first-order chi connectivity index (χ1) is 9.15. The lowest BCUT2D eigenvalue weighted by Crippen LogP contribution is -2.26. The number of nitrogens with one attached hydrogen (secondary N) is 1. The summed E-state index contributed by atoms with van der Waals surface area (Å²) in [5, 5.41) is 4.20. The molecule has 0 aromatic heterocycles. The predicted octanol–water partition coefficient (Wildman–Crippen LogP) is 3.83. The molecular formula is C14H19F2NOS. The number of hydrogen-bond acceptors (Lipinski definition) is 3. The van der Waals surface area contributed by atoms with Crippen LogP contribution in [0.1, 0.15) is 31.4 Å². The minimum atomic E-state index is -2.76. The highest BCUT2D eigenvalue weighted by molar-refractivity contribution is 8.00. The largest absolute Gasteiger partial charge is 0.435 e. The fourth-order valence-electron chi connectivity index (χ4n) is 2.17. The van der Waals surface area contributed by atoms with Gasteiger partial charge in [0.1, 0.15) is 5.75 Å². The van der Waals surface area contributed by atoms with Gasteiger partial charge in [-0.3, -0.25) is 0 Å². The van der Waals surface area contributed by atoms with Crippen LogP contribution in [0, 0.1) is 0 Å². The zero-order valence-electron chi connectivity index (χ0n) is 10.9. The minimum Gasteiger partial charge on any atom is -0.435 e. The number of thioether (sulfide) groups is 1. The van der Waals surface area contributed by atoms with Gasteiger partial charge in [0.15, 0.2) is 0 Å². The average Bonchev–Trinajstić information content (AvgIpc) is 2.89. The first-order valence-electron chi connectivity index (χ1n) is 6.55. The Morgan fingerprint density at radius 2 is 2.11 bits per heavy atom. The fraction of sp³-hybridized carbons (Fsp3) is 0.571. The zero-order valence-corrected chi connectivity index (χ0v) is 11.8. The second-order valence-electron chi connectivity index (χ2n) is 4.71. The van der Waals surface area contributed by atoms with Gasteiger partial charge in [-0.1, -0.05) is 12.1 Å². The Morgan fingerprint density at radius 3 is 2.68 bits per heavy atom. The molecule has 5 heteroatoms. The van der Waals surface area contributed by atoms with E-state index in [2.05, 4.69) is 17.0 Å². The van der Waals surface area contributed by atoms with Gasteiger partial charge in [0.2, 0.25) is 0 Å². The highest BCUT2D eigenvalue weighted by Gasteiger charge is 2.16. The molecule has 1 N–H and O–H groups in total. The van der Waals surface area contributed by atoms with Crippen LogP contribution in [0.5, 0.6) is 5.75 Å². The Morgan fingerprint density at radius 1 is 1.37 bits per heavy atom. The molecule has 106 valence electrons. The Balaban J connectivity index is 1.82. The van der Waals surface area contributed by atoms with E-state index in [0.29, 0.717) is 5.25 Å².